The lowest BCUT2D eigenvalue weighted by Gasteiger charge is -2.16. The molecule has 0 radical (unpaired) electrons. The fraction of sp³-hybridized carbons (Fsp3) is 0.600. The van der Waals surface area contributed by atoms with E-state index in [1.54, 1.807) is 7.05 Å². The number of nitrogens with zero attached hydrogens (tertiary/aromatic N) is 3. The monoisotopic (exact) mass is 186 g/mol. The van der Waals surface area contributed by atoms with Crippen molar-refractivity contribution in [2.75, 3.05) is 13.6 Å². The molecule has 0 bridgehead atoms. The van der Waals surface area contributed by atoms with Gasteiger partial charge in [0.25, 0.3) is 0 Å². The van der Waals surface area contributed by atoms with Crippen LogP contribution in [0.5, 0.6) is 0 Å². The van der Waals surface area contributed by atoms with Gasteiger partial charge in [-0.05, 0) is 0 Å². The van der Waals surface area contributed by atoms with E-state index < -0.39 is 6.23 Å². The molecule has 0 aliphatic carbocycles. The first-order valence-corrected chi connectivity index (χ1v) is 3.76. The van der Waals surface area contributed by atoms with E-state index in [9.17, 15) is 9.90 Å². The van der Waals surface area contributed by atoms with Crippen LogP contribution in [0.4, 0.5) is 4.79 Å². The highest BCUT2D eigenvalue weighted by Gasteiger charge is 2.38. The number of carbonyl (C=O) groups excluding carboxylic acids is 1. The van der Waals surface area contributed by atoms with Crippen LogP contribution in [0.25, 0.3) is 0 Å². The van der Waals surface area contributed by atoms with Crippen LogP contribution in [0.1, 0.15) is 0 Å². The molecular weight excluding hydrogens is 176 g/mol. The number of β-amino-alcohol motifs (C(OH)–C–C–N with tert-alkyl or cyclic N) is 1. The van der Waals surface area contributed by atoms with Gasteiger partial charge in [0.1, 0.15) is 0 Å². The molecule has 2 aliphatic rings. The van der Waals surface area contributed by atoms with Gasteiger partial charge in [0.05, 0.1) is 6.54 Å². The number of rotatable bonds is 0. The molecule has 0 spiro atoms. The second-order valence-electron chi connectivity index (χ2n) is 2.81. The molecule has 0 saturated carbocycles. The molecule has 72 valence electrons. The Hall–Kier alpha value is -1.54. The van der Waals surface area contributed by atoms with Crippen molar-refractivity contribution < 1.29 is 9.90 Å². The Bertz CT molecular complexity index is 266. The Labute approximate surface area is 74.1 Å². The van der Waals surface area contributed by atoms with Gasteiger partial charge < -0.3 is 10.0 Å². The number of hydrazone groups is 1. The van der Waals surface area contributed by atoms with Gasteiger partial charge in [0.15, 0.2) is 6.23 Å². The zero-order chi connectivity index (χ0) is 9.42. The predicted molar refractivity (Wildman–Crippen MR) is 42.7 cm³/mol. The normalized spacial score (nSPS) is 27.4. The number of amides is 2. The van der Waals surface area contributed by atoms with Crippen molar-refractivity contribution in [1.82, 2.24) is 26.3 Å². The summed E-state index contributed by atoms with van der Waals surface area (Å²) in [5.41, 5.74) is 7.47. The van der Waals surface area contributed by atoms with E-state index in [-0.39, 0.29) is 18.5 Å². The average molecular weight is 186 g/mol. The summed E-state index contributed by atoms with van der Waals surface area (Å²) in [5, 5.41) is 13.2. The summed E-state index contributed by atoms with van der Waals surface area (Å²) in [6, 6.07) is -0.288. The van der Waals surface area contributed by atoms with E-state index in [2.05, 4.69) is 21.6 Å². The van der Waals surface area contributed by atoms with Gasteiger partial charge >= 0.3 is 6.03 Å². The number of guanidine groups is 1. The van der Waals surface area contributed by atoms with E-state index in [1.165, 1.54) is 4.90 Å². The molecule has 0 aromatic carbocycles. The van der Waals surface area contributed by atoms with Crippen LogP contribution in [-0.2, 0) is 0 Å². The van der Waals surface area contributed by atoms with Crippen molar-refractivity contribution in [3.63, 3.8) is 0 Å². The minimum Gasteiger partial charge on any atom is -0.371 e. The second kappa shape index (κ2) is 2.75. The number of hydrogen-bond acceptors (Lipinski definition) is 6. The van der Waals surface area contributed by atoms with E-state index in [0.29, 0.717) is 0 Å². The van der Waals surface area contributed by atoms with Crippen LogP contribution in [-0.4, -0.2) is 46.7 Å². The predicted octanol–water partition coefficient (Wildman–Crippen LogP) is -2.44. The third kappa shape index (κ3) is 1.15. The summed E-state index contributed by atoms with van der Waals surface area (Å²) in [5.74, 6) is 0.266. The van der Waals surface area contributed by atoms with Gasteiger partial charge in [-0.1, -0.05) is 0 Å². The fourth-order valence-corrected chi connectivity index (χ4v) is 1.25. The number of nitrogens with one attached hydrogen (secondary N) is 3. The first-order valence-electron chi connectivity index (χ1n) is 3.76. The summed E-state index contributed by atoms with van der Waals surface area (Å²) >= 11 is 0. The molecule has 2 aliphatic heterocycles. The highest BCUT2D eigenvalue weighted by molar-refractivity contribution is 5.97. The first kappa shape index (κ1) is 8.08. The third-order valence-corrected chi connectivity index (χ3v) is 1.89. The Morgan fingerprint density at radius 1 is 1.69 bits per heavy atom. The average Bonchev–Trinajstić information content (AvgIpc) is 2.63. The molecular formula is C5H10N6O2. The van der Waals surface area contributed by atoms with Crippen molar-refractivity contribution >= 4 is 12.0 Å². The van der Waals surface area contributed by atoms with Crippen LogP contribution in [0.3, 0.4) is 0 Å². The van der Waals surface area contributed by atoms with E-state index in [1.807, 2.05) is 0 Å². The number of carbonyl (C=O) groups is 1. The molecule has 2 amide bonds. The largest absolute Gasteiger partial charge is 0.371 e. The maximum atomic E-state index is 11.4. The molecule has 2 heterocycles. The minimum atomic E-state index is -0.856. The first-order chi connectivity index (χ1) is 6.20. The fourth-order valence-electron chi connectivity index (χ4n) is 1.25. The van der Waals surface area contributed by atoms with Crippen molar-refractivity contribution in [3.8, 4) is 0 Å². The third-order valence-electron chi connectivity index (χ3n) is 1.89. The zero-order valence-corrected chi connectivity index (χ0v) is 6.98. The second-order valence-corrected chi connectivity index (χ2v) is 2.81. The molecule has 1 unspecified atom stereocenters. The standard InChI is InChI=1S/C5H10N6O2/c1-10-2-3(12)11(5(10)13)4-6-8-9-7-4/h3,8-9,12H,2H2,1H3,(H,6,7). The van der Waals surface area contributed by atoms with Gasteiger partial charge in [-0.2, -0.15) is 0 Å². The smallest absolute Gasteiger partial charge is 0.329 e. The lowest BCUT2D eigenvalue weighted by molar-refractivity contribution is 0.102. The number of hydrogen-bond donors (Lipinski definition) is 4. The van der Waals surface area contributed by atoms with Crippen LogP contribution >= 0.6 is 0 Å². The number of aliphatic hydroxyl groups excluding tert-OH is 1. The number of aliphatic hydroxyl groups is 1. The van der Waals surface area contributed by atoms with Crippen molar-refractivity contribution in [2.24, 2.45) is 5.10 Å². The Morgan fingerprint density at radius 2 is 2.46 bits per heavy atom. The van der Waals surface area contributed by atoms with Crippen LogP contribution in [0.15, 0.2) is 5.10 Å². The van der Waals surface area contributed by atoms with Crippen molar-refractivity contribution in [2.45, 2.75) is 6.23 Å². The summed E-state index contributed by atoms with van der Waals surface area (Å²) in [6.07, 6.45) is -0.856. The molecule has 8 nitrogen and oxygen atoms in total. The summed E-state index contributed by atoms with van der Waals surface area (Å²) in [7, 11) is 1.61. The number of likely N-dealkylation sites (N-methyl/N-ethyl adjacent to an activating group) is 1. The highest BCUT2D eigenvalue weighted by Crippen LogP contribution is 2.12. The Morgan fingerprint density at radius 3 is 2.92 bits per heavy atom. The summed E-state index contributed by atoms with van der Waals surface area (Å²) in [4.78, 5) is 14.0. The maximum Gasteiger partial charge on any atom is 0.329 e. The molecule has 1 atom stereocenters. The highest BCUT2D eigenvalue weighted by atomic mass is 16.3. The molecule has 1 fully saturated rings. The van der Waals surface area contributed by atoms with Gasteiger partial charge in [0, 0.05) is 7.05 Å². The number of hydrazine groups is 2. The number of urea groups is 1. The molecule has 1 saturated heterocycles. The van der Waals surface area contributed by atoms with Crippen molar-refractivity contribution in [3.05, 3.63) is 0 Å². The maximum absolute atomic E-state index is 11.4. The lowest BCUT2D eigenvalue weighted by Crippen LogP contribution is -2.48. The van der Waals surface area contributed by atoms with E-state index in [4.69, 9.17) is 0 Å². The SMILES string of the molecule is CN1CC(O)N(C2=NNNN2)C1=O. The van der Waals surface area contributed by atoms with Crippen LogP contribution in [0, 0.1) is 0 Å². The molecule has 4 N–H and O–H groups in total. The van der Waals surface area contributed by atoms with Crippen molar-refractivity contribution in [1.29, 1.82) is 0 Å². The van der Waals surface area contributed by atoms with Gasteiger partial charge in [-0.3, -0.25) is 5.43 Å². The quantitative estimate of drug-likeness (QED) is 0.337. The van der Waals surface area contributed by atoms with Gasteiger partial charge in [-0.25, -0.2) is 15.2 Å². The minimum absolute atomic E-state index is 0.266. The van der Waals surface area contributed by atoms with Gasteiger partial charge in [-0.15, -0.1) is 10.6 Å². The molecule has 13 heavy (non-hydrogen) atoms. The zero-order valence-electron chi connectivity index (χ0n) is 6.98. The Kier molecular flexibility index (Phi) is 1.71. The molecule has 8 heteroatoms. The van der Waals surface area contributed by atoms with E-state index >= 15 is 0 Å². The molecule has 0 aromatic heterocycles. The molecule has 2 rings (SSSR count). The summed E-state index contributed by atoms with van der Waals surface area (Å²) in [6.45, 7) is 0.277. The van der Waals surface area contributed by atoms with Crippen LogP contribution in [0.2, 0.25) is 0 Å². The molecule has 0 aromatic rings. The lowest BCUT2D eigenvalue weighted by atomic mass is 10.5. The Balaban J connectivity index is 2.18. The summed E-state index contributed by atoms with van der Waals surface area (Å²) < 4.78 is 0. The topological polar surface area (TPSA) is 92.2 Å². The van der Waals surface area contributed by atoms with Crippen LogP contribution < -0.4 is 16.5 Å². The van der Waals surface area contributed by atoms with Gasteiger partial charge in [0.2, 0.25) is 5.96 Å². The van der Waals surface area contributed by atoms with E-state index in [0.717, 1.165) is 4.90 Å².